The number of rotatable bonds is 4. The topological polar surface area (TPSA) is 47.0 Å². The standard InChI is InChI=1S/C11H11N3O/c1-2-5-10(6-3-1)14-15-9-11-12-7-4-8-13-11/h1-8,14H,9H2. The molecule has 2 aromatic rings. The first-order chi connectivity index (χ1) is 7.45. The molecule has 2 rings (SSSR count). The van der Waals surface area contributed by atoms with Crippen molar-refractivity contribution in [3.63, 3.8) is 0 Å². The minimum Gasteiger partial charge on any atom is -0.268 e. The van der Waals surface area contributed by atoms with Crippen LogP contribution in [0.2, 0.25) is 0 Å². The van der Waals surface area contributed by atoms with E-state index in [-0.39, 0.29) is 0 Å². The number of hydrogen-bond acceptors (Lipinski definition) is 4. The number of para-hydroxylation sites is 1. The highest BCUT2D eigenvalue weighted by Crippen LogP contribution is 2.05. The van der Waals surface area contributed by atoms with Crippen LogP contribution in [-0.2, 0) is 11.4 Å². The highest BCUT2D eigenvalue weighted by Gasteiger charge is 1.94. The quantitative estimate of drug-likeness (QED) is 0.769. The predicted octanol–water partition coefficient (Wildman–Crippen LogP) is 2.02. The van der Waals surface area contributed by atoms with Crippen molar-refractivity contribution < 1.29 is 4.84 Å². The Morgan fingerprint density at radius 2 is 1.73 bits per heavy atom. The molecule has 0 amide bonds. The summed E-state index contributed by atoms with van der Waals surface area (Å²) in [5.74, 6) is 0.654. The molecular weight excluding hydrogens is 190 g/mol. The van der Waals surface area contributed by atoms with Gasteiger partial charge in [-0.1, -0.05) is 18.2 Å². The number of nitrogens with one attached hydrogen (secondary N) is 1. The molecule has 0 aliphatic heterocycles. The Labute approximate surface area is 87.9 Å². The minimum absolute atomic E-state index is 0.343. The fraction of sp³-hybridized carbons (Fsp3) is 0.0909. The third kappa shape index (κ3) is 3.03. The van der Waals surface area contributed by atoms with Gasteiger partial charge in [-0.15, -0.1) is 0 Å². The first-order valence-electron chi connectivity index (χ1n) is 4.64. The fourth-order valence-corrected chi connectivity index (χ4v) is 1.09. The molecule has 0 saturated heterocycles. The normalized spacial score (nSPS) is 9.87. The molecule has 1 aromatic carbocycles. The Morgan fingerprint density at radius 3 is 2.47 bits per heavy atom. The van der Waals surface area contributed by atoms with E-state index in [9.17, 15) is 0 Å². The largest absolute Gasteiger partial charge is 0.268 e. The van der Waals surface area contributed by atoms with Gasteiger partial charge in [0.1, 0.15) is 6.61 Å². The van der Waals surface area contributed by atoms with E-state index < -0.39 is 0 Å². The van der Waals surface area contributed by atoms with Crippen LogP contribution in [0.4, 0.5) is 5.69 Å². The van der Waals surface area contributed by atoms with Gasteiger partial charge in [0.05, 0.1) is 5.69 Å². The molecule has 0 fully saturated rings. The van der Waals surface area contributed by atoms with Gasteiger partial charge in [-0.05, 0) is 18.2 Å². The first kappa shape index (κ1) is 9.61. The van der Waals surface area contributed by atoms with Crippen molar-refractivity contribution in [2.75, 3.05) is 5.48 Å². The summed E-state index contributed by atoms with van der Waals surface area (Å²) < 4.78 is 0. The third-order valence-electron chi connectivity index (χ3n) is 1.78. The average Bonchev–Trinajstić information content (AvgIpc) is 2.32. The van der Waals surface area contributed by atoms with Crippen LogP contribution in [0.1, 0.15) is 5.82 Å². The van der Waals surface area contributed by atoms with Gasteiger partial charge in [0.15, 0.2) is 5.82 Å². The van der Waals surface area contributed by atoms with E-state index in [0.717, 1.165) is 5.69 Å². The second-order valence-electron chi connectivity index (χ2n) is 2.92. The molecule has 1 aromatic heterocycles. The lowest BCUT2D eigenvalue weighted by atomic mass is 10.3. The van der Waals surface area contributed by atoms with Crippen molar-refractivity contribution in [3.8, 4) is 0 Å². The molecule has 0 unspecified atom stereocenters. The Hall–Kier alpha value is -1.94. The van der Waals surface area contributed by atoms with Crippen LogP contribution < -0.4 is 5.48 Å². The molecule has 1 N–H and O–H groups in total. The summed E-state index contributed by atoms with van der Waals surface area (Å²) in [7, 11) is 0. The molecule has 0 radical (unpaired) electrons. The summed E-state index contributed by atoms with van der Waals surface area (Å²) >= 11 is 0. The molecule has 0 atom stereocenters. The third-order valence-corrected chi connectivity index (χ3v) is 1.78. The Morgan fingerprint density at radius 1 is 1.00 bits per heavy atom. The van der Waals surface area contributed by atoms with Gasteiger partial charge in [0.25, 0.3) is 0 Å². The lowest BCUT2D eigenvalue weighted by Gasteiger charge is -2.05. The van der Waals surface area contributed by atoms with E-state index in [0.29, 0.717) is 12.4 Å². The maximum absolute atomic E-state index is 5.23. The van der Waals surface area contributed by atoms with Crippen LogP contribution in [0, 0.1) is 0 Å². The number of aromatic nitrogens is 2. The van der Waals surface area contributed by atoms with E-state index in [1.165, 1.54) is 0 Å². The Balaban J connectivity index is 1.81. The monoisotopic (exact) mass is 201 g/mol. The number of anilines is 1. The van der Waals surface area contributed by atoms with Gasteiger partial charge in [0, 0.05) is 12.4 Å². The van der Waals surface area contributed by atoms with Gasteiger partial charge < -0.3 is 0 Å². The Kier molecular flexibility index (Phi) is 3.25. The van der Waals surface area contributed by atoms with Crippen LogP contribution in [0.3, 0.4) is 0 Å². The summed E-state index contributed by atoms with van der Waals surface area (Å²) in [5, 5.41) is 0. The number of nitrogens with zero attached hydrogens (tertiary/aromatic N) is 2. The number of hydrogen-bond donors (Lipinski definition) is 1. The highest BCUT2D eigenvalue weighted by atomic mass is 16.6. The second kappa shape index (κ2) is 5.07. The van der Waals surface area contributed by atoms with Crippen molar-refractivity contribution in [2.45, 2.75) is 6.61 Å². The minimum atomic E-state index is 0.343. The lowest BCUT2D eigenvalue weighted by molar-refractivity contribution is 0.173. The van der Waals surface area contributed by atoms with Gasteiger partial charge >= 0.3 is 0 Å². The second-order valence-corrected chi connectivity index (χ2v) is 2.92. The zero-order valence-electron chi connectivity index (χ0n) is 8.13. The molecule has 4 heteroatoms. The smallest absolute Gasteiger partial charge is 0.156 e. The van der Waals surface area contributed by atoms with Crippen molar-refractivity contribution in [1.29, 1.82) is 0 Å². The van der Waals surface area contributed by atoms with Gasteiger partial charge in [0.2, 0.25) is 0 Å². The maximum atomic E-state index is 5.23. The summed E-state index contributed by atoms with van der Waals surface area (Å²) in [5.41, 5.74) is 3.72. The summed E-state index contributed by atoms with van der Waals surface area (Å²) in [6.07, 6.45) is 3.38. The molecule has 0 bridgehead atoms. The predicted molar refractivity (Wildman–Crippen MR) is 56.9 cm³/mol. The first-order valence-corrected chi connectivity index (χ1v) is 4.64. The van der Waals surface area contributed by atoms with Crippen molar-refractivity contribution >= 4 is 5.69 Å². The van der Waals surface area contributed by atoms with Crippen LogP contribution in [0.5, 0.6) is 0 Å². The average molecular weight is 201 g/mol. The van der Waals surface area contributed by atoms with Crippen molar-refractivity contribution in [2.24, 2.45) is 0 Å². The maximum Gasteiger partial charge on any atom is 0.156 e. The summed E-state index contributed by atoms with van der Waals surface area (Å²) in [4.78, 5) is 13.3. The zero-order valence-corrected chi connectivity index (χ0v) is 8.13. The zero-order chi connectivity index (χ0) is 10.3. The van der Waals surface area contributed by atoms with Crippen LogP contribution in [0.15, 0.2) is 48.8 Å². The molecule has 0 spiro atoms. The lowest BCUT2D eigenvalue weighted by Crippen LogP contribution is -2.03. The highest BCUT2D eigenvalue weighted by molar-refractivity contribution is 5.39. The van der Waals surface area contributed by atoms with E-state index in [1.807, 2.05) is 30.3 Å². The van der Waals surface area contributed by atoms with E-state index in [1.54, 1.807) is 18.5 Å². The molecule has 0 aliphatic carbocycles. The van der Waals surface area contributed by atoms with E-state index in [2.05, 4.69) is 15.4 Å². The SMILES string of the molecule is c1ccc(NOCc2ncccn2)cc1. The fourth-order valence-electron chi connectivity index (χ4n) is 1.09. The van der Waals surface area contributed by atoms with Crippen molar-refractivity contribution in [1.82, 2.24) is 9.97 Å². The molecule has 1 heterocycles. The van der Waals surface area contributed by atoms with E-state index in [4.69, 9.17) is 4.84 Å². The van der Waals surface area contributed by atoms with Gasteiger partial charge in [-0.25, -0.2) is 9.97 Å². The molecule has 4 nitrogen and oxygen atoms in total. The van der Waals surface area contributed by atoms with Gasteiger partial charge in [-0.3, -0.25) is 10.3 Å². The van der Waals surface area contributed by atoms with Crippen molar-refractivity contribution in [3.05, 3.63) is 54.6 Å². The van der Waals surface area contributed by atoms with E-state index >= 15 is 0 Å². The Bertz CT molecular complexity index is 352. The molecule has 0 saturated carbocycles. The molecule has 15 heavy (non-hydrogen) atoms. The summed E-state index contributed by atoms with van der Waals surface area (Å²) in [6, 6.07) is 11.4. The van der Waals surface area contributed by atoms with Crippen LogP contribution in [-0.4, -0.2) is 9.97 Å². The summed E-state index contributed by atoms with van der Waals surface area (Å²) in [6.45, 7) is 0.343. The molecule has 76 valence electrons. The molecular formula is C11H11N3O. The van der Waals surface area contributed by atoms with Crippen LogP contribution >= 0.6 is 0 Å². The molecule has 0 aliphatic rings. The van der Waals surface area contributed by atoms with Crippen LogP contribution in [0.25, 0.3) is 0 Å². The number of benzene rings is 1. The van der Waals surface area contributed by atoms with Gasteiger partial charge in [-0.2, -0.15) is 0 Å².